The summed E-state index contributed by atoms with van der Waals surface area (Å²) in [5.41, 5.74) is 0.510. The van der Waals surface area contributed by atoms with Gasteiger partial charge >= 0.3 is 0 Å². The molecular weight excluding hydrogens is 324 g/mol. The van der Waals surface area contributed by atoms with Crippen molar-refractivity contribution in [2.45, 2.75) is 6.92 Å². The second-order valence-corrected chi connectivity index (χ2v) is 5.96. The summed E-state index contributed by atoms with van der Waals surface area (Å²) >= 11 is 7.14. The molecule has 0 saturated carbocycles. The van der Waals surface area contributed by atoms with Gasteiger partial charge in [0.15, 0.2) is 0 Å². The van der Waals surface area contributed by atoms with Crippen LogP contribution in [0.2, 0.25) is 5.02 Å². The normalized spacial score (nSPS) is 10.8. The molecule has 1 N–H and O–H groups in total. The molecule has 0 fully saturated rings. The first-order chi connectivity index (χ1) is 10.6. The highest BCUT2D eigenvalue weighted by molar-refractivity contribution is 7.20. The van der Waals surface area contributed by atoms with E-state index in [0.717, 1.165) is 5.75 Å². The molecule has 8 heteroatoms. The van der Waals surface area contributed by atoms with Gasteiger partial charge in [-0.2, -0.15) is 4.52 Å². The van der Waals surface area contributed by atoms with E-state index in [0.29, 0.717) is 34.0 Å². The van der Waals surface area contributed by atoms with E-state index in [1.54, 1.807) is 19.1 Å². The average Bonchev–Trinajstić information content (AvgIpc) is 2.88. The van der Waals surface area contributed by atoms with Gasteiger partial charge in [0, 0.05) is 16.8 Å². The number of nitrogens with zero attached hydrogens (tertiary/aromatic N) is 3. The van der Waals surface area contributed by atoms with Crippen molar-refractivity contribution in [3.05, 3.63) is 51.4 Å². The number of anilines is 1. The number of rotatable bonds is 5. The van der Waals surface area contributed by atoms with Gasteiger partial charge in [-0.3, -0.25) is 4.79 Å². The van der Waals surface area contributed by atoms with Crippen LogP contribution in [0.25, 0.3) is 4.96 Å². The van der Waals surface area contributed by atoms with E-state index in [1.807, 2.05) is 12.1 Å². The number of nitrogens with one attached hydrogen (secondary N) is 1. The molecule has 0 spiro atoms. The lowest BCUT2D eigenvalue weighted by Crippen LogP contribution is -2.15. The molecule has 3 aromatic rings. The predicted molar refractivity (Wildman–Crippen MR) is 87.3 cm³/mol. The van der Waals surface area contributed by atoms with Gasteiger partial charge in [0.1, 0.15) is 12.4 Å². The van der Waals surface area contributed by atoms with E-state index in [1.165, 1.54) is 21.9 Å². The zero-order valence-corrected chi connectivity index (χ0v) is 13.3. The van der Waals surface area contributed by atoms with Crippen molar-refractivity contribution in [2.75, 3.05) is 18.5 Å². The molecule has 0 radical (unpaired) electrons. The van der Waals surface area contributed by atoms with Crippen LogP contribution in [0.15, 0.2) is 35.1 Å². The fourth-order valence-electron chi connectivity index (χ4n) is 1.85. The molecule has 0 amide bonds. The van der Waals surface area contributed by atoms with Crippen LogP contribution in [0.1, 0.15) is 5.69 Å². The third-order valence-electron chi connectivity index (χ3n) is 2.83. The smallest absolute Gasteiger partial charge is 0.275 e. The third-order valence-corrected chi connectivity index (χ3v) is 3.95. The summed E-state index contributed by atoms with van der Waals surface area (Å²) < 4.78 is 6.86. The summed E-state index contributed by atoms with van der Waals surface area (Å²) in [6.45, 7) is 2.82. The van der Waals surface area contributed by atoms with Crippen molar-refractivity contribution >= 4 is 33.0 Å². The van der Waals surface area contributed by atoms with Crippen LogP contribution in [0.4, 0.5) is 5.13 Å². The number of ether oxygens (including phenoxy) is 1. The van der Waals surface area contributed by atoms with Gasteiger partial charge in [-0.05, 0) is 31.2 Å². The van der Waals surface area contributed by atoms with Gasteiger partial charge in [-0.15, -0.1) is 5.10 Å². The van der Waals surface area contributed by atoms with Crippen LogP contribution in [0.5, 0.6) is 5.75 Å². The van der Waals surface area contributed by atoms with E-state index in [9.17, 15) is 4.79 Å². The lowest BCUT2D eigenvalue weighted by Gasteiger charge is -2.06. The Labute approximate surface area is 135 Å². The molecule has 114 valence electrons. The molecule has 22 heavy (non-hydrogen) atoms. The van der Waals surface area contributed by atoms with Crippen molar-refractivity contribution in [2.24, 2.45) is 0 Å². The number of hydrogen-bond donors (Lipinski definition) is 1. The van der Waals surface area contributed by atoms with Crippen LogP contribution in [0, 0.1) is 6.92 Å². The number of fused-ring (bicyclic) bond motifs is 1. The highest BCUT2D eigenvalue weighted by atomic mass is 35.5. The van der Waals surface area contributed by atoms with Gasteiger partial charge in [0.05, 0.1) is 6.54 Å². The fourth-order valence-corrected chi connectivity index (χ4v) is 2.85. The van der Waals surface area contributed by atoms with E-state index in [4.69, 9.17) is 16.3 Å². The van der Waals surface area contributed by atoms with Gasteiger partial charge in [-0.1, -0.05) is 22.9 Å². The van der Waals surface area contributed by atoms with Crippen LogP contribution in [-0.2, 0) is 0 Å². The molecule has 3 rings (SSSR count). The Morgan fingerprint density at radius 2 is 2.14 bits per heavy atom. The lowest BCUT2D eigenvalue weighted by atomic mass is 10.3. The summed E-state index contributed by atoms with van der Waals surface area (Å²) in [6.07, 6.45) is 0. The largest absolute Gasteiger partial charge is 0.492 e. The first-order valence-electron chi connectivity index (χ1n) is 6.61. The minimum atomic E-state index is -0.177. The van der Waals surface area contributed by atoms with E-state index < -0.39 is 0 Å². The van der Waals surface area contributed by atoms with Crippen LogP contribution in [0.3, 0.4) is 0 Å². The summed E-state index contributed by atoms with van der Waals surface area (Å²) in [6, 6.07) is 8.63. The Hall–Kier alpha value is -2.12. The summed E-state index contributed by atoms with van der Waals surface area (Å²) in [5.74, 6) is 0.754. The van der Waals surface area contributed by atoms with Crippen LogP contribution in [-0.4, -0.2) is 27.7 Å². The highest BCUT2D eigenvalue weighted by Gasteiger charge is 2.06. The topological polar surface area (TPSA) is 68.5 Å². The van der Waals surface area contributed by atoms with Crippen molar-refractivity contribution in [3.8, 4) is 5.75 Å². The first kappa shape index (κ1) is 14.8. The van der Waals surface area contributed by atoms with Gasteiger partial charge in [-0.25, -0.2) is 4.98 Å². The van der Waals surface area contributed by atoms with E-state index >= 15 is 0 Å². The average molecular weight is 337 g/mol. The molecule has 0 aliphatic rings. The molecule has 0 aliphatic carbocycles. The number of aromatic nitrogens is 3. The second-order valence-electron chi connectivity index (χ2n) is 4.57. The SMILES string of the molecule is Cc1cc(=O)n2nc(NCCOc3ccc(Cl)cc3)sc2n1. The molecule has 0 bridgehead atoms. The molecule has 1 aromatic carbocycles. The Morgan fingerprint density at radius 3 is 2.91 bits per heavy atom. The summed E-state index contributed by atoms with van der Waals surface area (Å²) in [4.78, 5) is 16.6. The second kappa shape index (κ2) is 6.33. The fraction of sp³-hybridized carbons (Fsp3) is 0.214. The molecule has 0 aliphatic heterocycles. The Kier molecular flexibility index (Phi) is 4.26. The Bertz CT molecular complexity index is 844. The maximum atomic E-state index is 11.8. The molecule has 2 heterocycles. The number of halogens is 1. The summed E-state index contributed by atoms with van der Waals surface area (Å²) in [5, 5.41) is 8.61. The molecule has 2 aromatic heterocycles. The molecular formula is C14H13ClN4O2S. The lowest BCUT2D eigenvalue weighted by molar-refractivity contribution is 0.333. The van der Waals surface area contributed by atoms with Crippen molar-refractivity contribution in [1.82, 2.24) is 14.6 Å². The zero-order valence-electron chi connectivity index (χ0n) is 11.7. The quantitative estimate of drug-likeness (QED) is 0.725. The molecule has 6 nitrogen and oxygen atoms in total. The Morgan fingerprint density at radius 1 is 1.36 bits per heavy atom. The van der Waals surface area contributed by atoms with E-state index in [-0.39, 0.29) is 5.56 Å². The maximum absolute atomic E-state index is 11.8. The minimum Gasteiger partial charge on any atom is -0.492 e. The highest BCUT2D eigenvalue weighted by Crippen LogP contribution is 2.17. The standard InChI is InChI=1S/C14H13ClN4O2S/c1-9-8-12(20)19-14(17-9)22-13(18-19)16-6-7-21-11-4-2-10(15)3-5-11/h2-5,8H,6-7H2,1H3,(H,16,18). The van der Waals surface area contributed by atoms with Crippen LogP contribution >= 0.6 is 22.9 Å². The number of aryl methyl sites for hydroxylation is 1. The van der Waals surface area contributed by atoms with Crippen molar-refractivity contribution in [1.29, 1.82) is 0 Å². The maximum Gasteiger partial charge on any atom is 0.275 e. The van der Waals surface area contributed by atoms with Crippen molar-refractivity contribution < 1.29 is 4.74 Å². The van der Waals surface area contributed by atoms with Gasteiger partial charge < -0.3 is 10.1 Å². The summed E-state index contributed by atoms with van der Waals surface area (Å²) in [7, 11) is 0. The third kappa shape index (κ3) is 3.37. The molecule has 0 unspecified atom stereocenters. The van der Waals surface area contributed by atoms with Crippen LogP contribution < -0.4 is 15.6 Å². The van der Waals surface area contributed by atoms with Crippen molar-refractivity contribution in [3.63, 3.8) is 0 Å². The predicted octanol–water partition coefficient (Wildman–Crippen LogP) is 2.60. The first-order valence-corrected chi connectivity index (χ1v) is 7.81. The van der Waals surface area contributed by atoms with Gasteiger partial charge in [0.25, 0.3) is 5.56 Å². The molecule has 0 atom stereocenters. The molecule has 0 saturated heterocycles. The minimum absolute atomic E-state index is 0.177. The Balaban J connectivity index is 1.59. The zero-order chi connectivity index (χ0) is 15.5. The number of benzene rings is 1. The monoisotopic (exact) mass is 336 g/mol. The van der Waals surface area contributed by atoms with E-state index in [2.05, 4.69) is 15.4 Å². The number of hydrogen-bond acceptors (Lipinski definition) is 6. The van der Waals surface area contributed by atoms with Gasteiger partial charge in [0.2, 0.25) is 10.1 Å².